The first kappa shape index (κ1) is 10.4. The molecule has 0 spiro atoms. The Hall–Kier alpha value is -0.630. The number of carbonyl (C=O) groups excluding carboxylic acids is 1. The number of likely N-dealkylation sites (N-methyl/N-ethyl adjacent to an activating group) is 1. The van der Waals surface area contributed by atoms with Crippen LogP contribution in [0.3, 0.4) is 0 Å². The standard InChI is InChI=1S/C9H17NO/c1-8(7-9(2)11)5-4-6-10-3/h4-5,8,10H,6-7H2,1-3H3/b5-4+. The number of rotatable bonds is 5. The summed E-state index contributed by atoms with van der Waals surface area (Å²) in [6.07, 6.45) is 4.77. The van der Waals surface area contributed by atoms with Crippen LogP contribution in [0, 0.1) is 5.92 Å². The minimum atomic E-state index is 0.256. The molecule has 0 aliphatic carbocycles. The predicted molar refractivity (Wildman–Crippen MR) is 47.5 cm³/mol. The van der Waals surface area contributed by atoms with E-state index in [1.54, 1.807) is 6.92 Å². The summed E-state index contributed by atoms with van der Waals surface area (Å²) < 4.78 is 0. The molecule has 0 amide bonds. The number of ketones is 1. The number of nitrogens with one attached hydrogen (secondary N) is 1. The molecule has 0 fully saturated rings. The summed E-state index contributed by atoms with van der Waals surface area (Å²) >= 11 is 0. The van der Waals surface area contributed by atoms with Crippen molar-refractivity contribution >= 4 is 5.78 Å². The Morgan fingerprint density at radius 2 is 2.27 bits per heavy atom. The molecule has 2 heteroatoms. The van der Waals surface area contributed by atoms with Crippen molar-refractivity contribution < 1.29 is 4.79 Å². The van der Waals surface area contributed by atoms with E-state index >= 15 is 0 Å². The highest BCUT2D eigenvalue weighted by molar-refractivity contribution is 5.75. The van der Waals surface area contributed by atoms with Gasteiger partial charge in [0.1, 0.15) is 5.78 Å². The SMILES string of the molecule is CNC/C=C/C(C)CC(C)=O. The van der Waals surface area contributed by atoms with Crippen molar-refractivity contribution in [2.24, 2.45) is 5.92 Å². The molecule has 0 saturated carbocycles. The third-order valence-electron chi connectivity index (χ3n) is 1.40. The van der Waals surface area contributed by atoms with Gasteiger partial charge in [-0.2, -0.15) is 0 Å². The maximum Gasteiger partial charge on any atom is 0.130 e. The summed E-state index contributed by atoms with van der Waals surface area (Å²) in [7, 11) is 1.90. The van der Waals surface area contributed by atoms with E-state index in [9.17, 15) is 4.79 Å². The molecule has 0 aromatic carbocycles. The Labute approximate surface area is 68.7 Å². The lowest BCUT2D eigenvalue weighted by molar-refractivity contribution is -0.117. The molecular formula is C9H17NO. The highest BCUT2D eigenvalue weighted by atomic mass is 16.1. The first-order valence-corrected chi connectivity index (χ1v) is 3.97. The van der Waals surface area contributed by atoms with E-state index in [2.05, 4.69) is 11.4 Å². The molecule has 0 aliphatic heterocycles. The van der Waals surface area contributed by atoms with Gasteiger partial charge >= 0.3 is 0 Å². The van der Waals surface area contributed by atoms with Crippen LogP contribution in [0.15, 0.2) is 12.2 Å². The Balaban J connectivity index is 3.50. The molecule has 0 saturated heterocycles. The molecule has 0 radical (unpaired) electrons. The van der Waals surface area contributed by atoms with Gasteiger partial charge in [-0.3, -0.25) is 0 Å². The van der Waals surface area contributed by atoms with Gasteiger partial charge in [0.05, 0.1) is 0 Å². The van der Waals surface area contributed by atoms with E-state index in [1.807, 2.05) is 20.0 Å². The highest BCUT2D eigenvalue weighted by Crippen LogP contribution is 2.03. The second-order valence-corrected chi connectivity index (χ2v) is 2.87. The zero-order valence-corrected chi connectivity index (χ0v) is 7.55. The van der Waals surface area contributed by atoms with Crippen LogP contribution in [0.25, 0.3) is 0 Å². The van der Waals surface area contributed by atoms with E-state index in [0.717, 1.165) is 6.54 Å². The zero-order chi connectivity index (χ0) is 8.69. The summed E-state index contributed by atoms with van der Waals surface area (Å²) in [5, 5.41) is 3.00. The van der Waals surface area contributed by atoms with E-state index in [1.165, 1.54) is 0 Å². The Morgan fingerprint density at radius 1 is 1.64 bits per heavy atom. The van der Waals surface area contributed by atoms with Crippen LogP contribution in [0.1, 0.15) is 20.3 Å². The van der Waals surface area contributed by atoms with Crippen LogP contribution >= 0.6 is 0 Å². The number of Topliss-reactive ketones (excluding diaryl/α,β-unsaturated/α-hetero) is 1. The largest absolute Gasteiger partial charge is 0.316 e. The van der Waals surface area contributed by atoms with Gasteiger partial charge in [0.15, 0.2) is 0 Å². The second-order valence-electron chi connectivity index (χ2n) is 2.87. The van der Waals surface area contributed by atoms with E-state index < -0.39 is 0 Å². The normalized spacial score (nSPS) is 13.7. The number of carbonyl (C=O) groups is 1. The van der Waals surface area contributed by atoms with Crippen LogP contribution < -0.4 is 5.32 Å². The van der Waals surface area contributed by atoms with Crippen molar-refractivity contribution in [2.45, 2.75) is 20.3 Å². The molecule has 0 heterocycles. The monoisotopic (exact) mass is 155 g/mol. The van der Waals surface area contributed by atoms with Crippen LogP contribution in [-0.4, -0.2) is 19.4 Å². The van der Waals surface area contributed by atoms with Crippen LogP contribution in [0.2, 0.25) is 0 Å². The molecule has 1 unspecified atom stereocenters. The van der Waals surface area contributed by atoms with Crippen molar-refractivity contribution in [3.8, 4) is 0 Å². The Morgan fingerprint density at radius 3 is 2.73 bits per heavy atom. The number of allylic oxidation sites excluding steroid dienone is 1. The number of hydrogen-bond donors (Lipinski definition) is 1. The van der Waals surface area contributed by atoms with Gasteiger partial charge in [-0.1, -0.05) is 19.1 Å². The van der Waals surface area contributed by atoms with Crippen molar-refractivity contribution in [1.82, 2.24) is 5.32 Å². The first-order chi connectivity index (χ1) is 5.16. The molecule has 64 valence electrons. The molecule has 0 bridgehead atoms. The van der Waals surface area contributed by atoms with E-state index in [-0.39, 0.29) is 5.78 Å². The van der Waals surface area contributed by atoms with Gasteiger partial charge in [-0.15, -0.1) is 0 Å². The Bertz CT molecular complexity index is 140. The minimum Gasteiger partial charge on any atom is -0.316 e. The zero-order valence-electron chi connectivity index (χ0n) is 7.55. The average Bonchev–Trinajstić information content (AvgIpc) is 1.86. The van der Waals surface area contributed by atoms with Gasteiger partial charge in [-0.25, -0.2) is 0 Å². The third-order valence-corrected chi connectivity index (χ3v) is 1.40. The van der Waals surface area contributed by atoms with Crippen molar-refractivity contribution in [2.75, 3.05) is 13.6 Å². The fourth-order valence-electron chi connectivity index (χ4n) is 0.940. The number of hydrogen-bond acceptors (Lipinski definition) is 2. The molecule has 0 aliphatic rings. The lowest BCUT2D eigenvalue weighted by Crippen LogP contribution is -2.05. The van der Waals surface area contributed by atoms with Crippen LogP contribution in [0.4, 0.5) is 0 Å². The lowest BCUT2D eigenvalue weighted by atomic mass is 10.1. The fourth-order valence-corrected chi connectivity index (χ4v) is 0.940. The van der Waals surface area contributed by atoms with Gasteiger partial charge < -0.3 is 10.1 Å². The van der Waals surface area contributed by atoms with E-state index in [0.29, 0.717) is 12.3 Å². The van der Waals surface area contributed by atoms with E-state index in [4.69, 9.17) is 0 Å². The van der Waals surface area contributed by atoms with Gasteiger partial charge in [-0.05, 0) is 19.9 Å². The van der Waals surface area contributed by atoms with Crippen molar-refractivity contribution in [3.05, 3.63) is 12.2 Å². The molecular weight excluding hydrogens is 138 g/mol. The topological polar surface area (TPSA) is 29.1 Å². The molecule has 0 rings (SSSR count). The maximum absolute atomic E-state index is 10.6. The molecule has 0 aromatic heterocycles. The summed E-state index contributed by atoms with van der Waals surface area (Å²) in [5.41, 5.74) is 0. The molecule has 2 nitrogen and oxygen atoms in total. The summed E-state index contributed by atoms with van der Waals surface area (Å²) in [6.45, 7) is 4.55. The first-order valence-electron chi connectivity index (χ1n) is 3.97. The molecule has 1 N–H and O–H groups in total. The summed E-state index contributed by atoms with van der Waals surface area (Å²) in [4.78, 5) is 10.6. The van der Waals surface area contributed by atoms with Crippen LogP contribution in [0.5, 0.6) is 0 Å². The fraction of sp³-hybridized carbons (Fsp3) is 0.667. The second kappa shape index (κ2) is 6.10. The van der Waals surface area contributed by atoms with Gasteiger partial charge in [0, 0.05) is 13.0 Å². The molecule has 1 atom stereocenters. The Kier molecular flexibility index (Phi) is 5.75. The lowest BCUT2D eigenvalue weighted by Gasteiger charge is -2.00. The van der Waals surface area contributed by atoms with Gasteiger partial charge in [0.25, 0.3) is 0 Å². The quantitative estimate of drug-likeness (QED) is 0.608. The molecule has 11 heavy (non-hydrogen) atoms. The van der Waals surface area contributed by atoms with Crippen molar-refractivity contribution in [1.29, 1.82) is 0 Å². The highest BCUT2D eigenvalue weighted by Gasteiger charge is 1.99. The predicted octanol–water partition coefficient (Wildman–Crippen LogP) is 1.38. The van der Waals surface area contributed by atoms with Gasteiger partial charge in [0.2, 0.25) is 0 Å². The minimum absolute atomic E-state index is 0.256. The summed E-state index contributed by atoms with van der Waals surface area (Å²) in [6, 6.07) is 0. The third kappa shape index (κ3) is 7.26. The smallest absolute Gasteiger partial charge is 0.130 e. The average molecular weight is 155 g/mol. The molecule has 0 aromatic rings. The van der Waals surface area contributed by atoms with Crippen LogP contribution in [-0.2, 0) is 4.79 Å². The summed E-state index contributed by atoms with van der Waals surface area (Å²) in [5.74, 6) is 0.632. The van der Waals surface area contributed by atoms with Crippen molar-refractivity contribution in [3.63, 3.8) is 0 Å². The maximum atomic E-state index is 10.6.